The van der Waals surface area contributed by atoms with E-state index in [1.165, 1.54) is 0 Å². The first-order valence-electron chi connectivity index (χ1n) is 7.63. The molecule has 0 radical (unpaired) electrons. The van der Waals surface area contributed by atoms with Gasteiger partial charge in [0.05, 0.1) is 13.0 Å². The van der Waals surface area contributed by atoms with E-state index in [4.69, 9.17) is 4.74 Å². The highest BCUT2D eigenvalue weighted by Crippen LogP contribution is 2.17. The van der Waals surface area contributed by atoms with Crippen molar-refractivity contribution in [3.63, 3.8) is 0 Å². The van der Waals surface area contributed by atoms with Crippen LogP contribution in [0.4, 0.5) is 0 Å². The molecule has 1 fully saturated rings. The maximum atomic E-state index is 12.3. The van der Waals surface area contributed by atoms with Gasteiger partial charge in [0.2, 0.25) is 11.8 Å². The van der Waals surface area contributed by atoms with Crippen LogP contribution in [0.25, 0.3) is 0 Å². The molecular weight excluding hydrogens is 276 g/mol. The van der Waals surface area contributed by atoms with Crippen molar-refractivity contribution in [2.75, 3.05) is 13.1 Å². The lowest BCUT2D eigenvalue weighted by atomic mass is 10.1. The van der Waals surface area contributed by atoms with Crippen LogP contribution in [0, 0.1) is 6.92 Å². The van der Waals surface area contributed by atoms with Crippen molar-refractivity contribution in [2.45, 2.75) is 25.9 Å². The second-order valence-electron chi connectivity index (χ2n) is 5.65. The minimum Gasteiger partial charge on any atom is -0.472 e. The van der Waals surface area contributed by atoms with Gasteiger partial charge < -0.3 is 9.64 Å². The number of likely N-dealkylation sites (tertiary alicyclic amines) is 1. The number of nitrogens with zero attached hydrogens (tertiary/aromatic N) is 2. The minimum atomic E-state index is 0.0361. The highest BCUT2D eigenvalue weighted by Gasteiger charge is 2.27. The fourth-order valence-electron chi connectivity index (χ4n) is 2.69. The standard InChI is InChI=1S/C18H20N2O2/c1-14-6-5-9-17(19-14)22-16-10-11-20(13-16)18(21)12-15-7-3-2-4-8-15/h2-9,16H,10-13H2,1H3. The summed E-state index contributed by atoms with van der Waals surface area (Å²) in [5, 5.41) is 0. The smallest absolute Gasteiger partial charge is 0.227 e. The number of carbonyl (C=O) groups is 1. The number of ether oxygens (including phenoxy) is 1. The molecule has 1 amide bonds. The van der Waals surface area contributed by atoms with Crippen molar-refractivity contribution in [1.29, 1.82) is 0 Å². The molecule has 0 bridgehead atoms. The molecule has 3 rings (SSSR count). The first-order chi connectivity index (χ1) is 10.7. The van der Waals surface area contributed by atoms with Crippen molar-refractivity contribution in [3.05, 3.63) is 59.8 Å². The maximum absolute atomic E-state index is 12.3. The zero-order chi connectivity index (χ0) is 15.4. The molecule has 22 heavy (non-hydrogen) atoms. The van der Waals surface area contributed by atoms with Crippen LogP contribution in [-0.4, -0.2) is 35.0 Å². The van der Waals surface area contributed by atoms with Gasteiger partial charge in [-0.2, -0.15) is 0 Å². The quantitative estimate of drug-likeness (QED) is 0.871. The van der Waals surface area contributed by atoms with E-state index < -0.39 is 0 Å². The summed E-state index contributed by atoms with van der Waals surface area (Å²) in [6.45, 7) is 3.33. The van der Waals surface area contributed by atoms with E-state index in [9.17, 15) is 4.79 Å². The Bertz CT molecular complexity index is 643. The fourth-order valence-corrected chi connectivity index (χ4v) is 2.69. The summed E-state index contributed by atoms with van der Waals surface area (Å²) in [6, 6.07) is 15.6. The highest BCUT2D eigenvalue weighted by molar-refractivity contribution is 5.79. The summed E-state index contributed by atoms with van der Waals surface area (Å²) in [4.78, 5) is 18.6. The van der Waals surface area contributed by atoms with Crippen LogP contribution < -0.4 is 4.74 Å². The van der Waals surface area contributed by atoms with Gasteiger partial charge in [-0.15, -0.1) is 0 Å². The second kappa shape index (κ2) is 6.60. The van der Waals surface area contributed by atoms with E-state index in [1.807, 2.05) is 60.4 Å². The minimum absolute atomic E-state index is 0.0361. The molecule has 0 N–H and O–H groups in total. The number of hydrogen-bond donors (Lipinski definition) is 0. The summed E-state index contributed by atoms with van der Waals surface area (Å²) in [7, 11) is 0. The van der Waals surface area contributed by atoms with Crippen molar-refractivity contribution >= 4 is 5.91 Å². The summed E-state index contributed by atoms with van der Waals surface area (Å²) >= 11 is 0. The number of amides is 1. The Kier molecular flexibility index (Phi) is 4.37. The molecule has 2 heterocycles. The lowest BCUT2D eigenvalue weighted by Crippen LogP contribution is -2.32. The molecule has 4 nitrogen and oxygen atoms in total. The average Bonchev–Trinajstić information content (AvgIpc) is 2.97. The van der Waals surface area contributed by atoms with E-state index in [0.29, 0.717) is 18.8 Å². The highest BCUT2D eigenvalue weighted by atomic mass is 16.5. The number of pyridine rings is 1. The molecule has 1 atom stereocenters. The Hall–Kier alpha value is -2.36. The van der Waals surface area contributed by atoms with E-state index in [0.717, 1.165) is 24.2 Å². The van der Waals surface area contributed by atoms with Gasteiger partial charge in [0.1, 0.15) is 6.10 Å². The van der Waals surface area contributed by atoms with Crippen LogP contribution in [0.15, 0.2) is 48.5 Å². The molecule has 1 unspecified atom stereocenters. The number of carbonyl (C=O) groups excluding carboxylic acids is 1. The molecule has 114 valence electrons. The largest absolute Gasteiger partial charge is 0.472 e. The SMILES string of the molecule is Cc1cccc(OC2CCN(C(=O)Cc3ccccc3)C2)n1. The van der Waals surface area contributed by atoms with Crippen molar-refractivity contribution in [3.8, 4) is 5.88 Å². The molecule has 0 saturated carbocycles. The molecule has 1 saturated heterocycles. The van der Waals surface area contributed by atoms with Crippen LogP contribution in [0.3, 0.4) is 0 Å². The average molecular weight is 296 g/mol. The van der Waals surface area contributed by atoms with Crippen LogP contribution in [-0.2, 0) is 11.2 Å². The number of aromatic nitrogens is 1. The predicted molar refractivity (Wildman–Crippen MR) is 84.7 cm³/mol. The van der Waals surface area contributed by atoms with Gasteiger partial charge in [-0.05, 0) is 18.6 Å². The monoisotopic (exact) mass is 296 g/mol. The third kappa shape index (κ3) is 3.64. The Morgan fingerprint density at radius 2 is 2.05 bits per heavy atom. The lowest BCUT2D eigenvalue weighted by Gasteiger charge is -2.17. The maximum Gasteiger partial charge on any atom is 0.227 e. The molecule has 1 aliphatic heterocycles. The van der Waals surface area contributed by atoms with E-state index >= 15 is 0 Å². The first kappa shape index (κ1) is 14.6. The van der Waals surface area contributed by atoms with Gasteiger partial charge in [0.25, 0.3) is 0 Å². The van der Waals surface area contributed by atoms with Crippen LogP contribution in [0.5, 0.6) is 5.88 Å². The third-order valence-corrected chi connectivity index (χ3v) is 3.85. The van der Waals surface area contributed by atoms with Gasteiger partial charge in [-0.1, -0.05) is 36.4 Å². The lowest BCUT2D eigenvalue weighted by molar-refractivity contribution is -0.129. The topological polar surface area (TPSA) is 42.4 Å². The third-order valence-electron chi connectivity index (χ3n) is 3.85. The van der Waals surface area contributed by atoms with Crippen LogP contribution in [0.1, 0.15) is 17.7 Å². The Labute approximate surface area is 130 Å². The van der Waals surface area contributed by atoms with Crippen molar-refractivity contribution in [2.24, 2.45) is 0 Å². The van der Waals surface area contributed by atoms with Gasteiger partial charge in [-0.3, -0.25) is 4.79 Å². The molecule has 0 aliphatic carbocycles. The van der Waals surface area contributed by atoms with Gasteiger partial charge in [-0.25, -0.2) is 4.98 Å². The molecule has 1 aliphatic rings. The Morgan fingerprint density at radius 3 is 2.82 bits per heavy atom. The molecule has 1 aromatic carbocycles. The van der Waals surface area contributed by atoms with Gasteiger partial charge >= 0.3 is 0 Å². The Morgan fingerprint density at radius 1 is 1.23 bits per heavy atom. The summed E-state index contributed by atoms with van der Waals surface area (Å²) in [5.74, 6) is 0.803. The predicted octanol–water partition coefficient (Wildman–Crippen LogP) is 2.61. The van der Waals surface area contributed by atoms with Gasteiger partial charge in [0, 0.05) is 24.7 Å². The number of aryl methyl sites for hydroxylation is 1. The number of benzene rings is 1. The van der Waals surface area contributed by atoms with Gasteiger partial charge in [0.15, 0.2) is 0 Å². The Balaban J connectivity index is 1.54. The second-order valence-corrected chi connectivity index (χ2v) is 5.65. The summed E-state index contributed by atoms with van der Waals surface area (Å²) in [5.41, 5.74) is 1.99. The fraction of sp³-hybridized carbons (Fsp3) is 0.333. The van der Waals surface area contributed by atoms with Crippen molar-refractivity contribution in [1.82, 2.24) is 9.88 Å². The van der Waals surface area contributed by atoms with E-state index in [1.54, 1.807) is 0 Å². The summed E-state index contributed by atoms with van der Waals surface area (Å²) in [6.07, 6.45) is 1.35. The van der Waals surface area contributed by atoms with E-state index in [-0.39, 0.29) is 12.0 Å². The van der Waals surface area contributed by atoms with Crippen LogP contribution in [0.2, 0.25) is 0 Å². The normalized spacial score (nSPS) is 17.5. The van der Waals surface area contributed by atoms with Crippen LogP contribution >= 0.6 is 0 Å². The number of hydrogen-bond acceptors (Lipinski definition) is 3. The zero-order valence-corrected chi connectivity index (χ0v) is 12.7. The van der Waals surface area contributed by atoms with E-state index in [2.05, 4.69) is 4.98 Å². The van der Waals surface area contributed by atoms with Crippen molar-refractivity contribution < 1.29 is 9.53 Å². The molecular formula is C18H20N2O2. The zero-order valence-electron chi connectivity index (χ0n) is 12.7. The molecule has 4 heteroatoms. The first-order valence-corrected chi connectivity index (χ1v) is 7.63. The molecule has 0 spiro atoms. The summed E-state index contributed by atoms with van der Waals surface area (Å²) < 4.78 is 5.88. The number of rotatable bonds is 4. The molecule has 1 aromatic heterocycles. The molecule has 2 aromatic rings.